The first kappa shape index (κ1) is 16.9. The Bertz CT molecular complexity index is 830. The molecule has 0 radical (unpaired) electrons. The molecule has 0 heterocycles. The third-order valence-electron chi connectivity index (χ3n) is 2.85. The molecule has 0 spiro atoms. The predicted molar refractivity (Wildman–Crippen MR) is 74.1 cm³/mol. The van der Waals surface area contributed by atoms with Crippen LogP contribution in [0.25, 0.3) is 0 Å². The minimum atomic E-state index is -4.96. The Morgan fingerprint density at radius 2 is 1.61 bits per heavy atom. The monoisotopic (exact) mass is 347 g/mol. The molecule has 23 heavy (non-hydrogen) atoms. The van der Waals surface area contributed by atoms with E-state index >= 15 is 0 Å². The van der Waals surface area contributed by atoms with Gasteiger partial charge in [0.15, 0.2) is 0 Å². The minimum Gasteiger partial charge on any atom is -0.322 e. The second kappa shape index (κ2) is 5.99. The van der Waals surface area contributed by atoms with Gasteiger partial charge in [0.1, 0.15) is 0 Å². The molecule has 0 aliphatic rings. The topological polar surface area (TPSA) is 63.2 Å². The molecule has 9 heteroatoms. The zero-order chi connectivity index (χ0) is 17.3. The van der Waals surface area contributed by atoms with Crippen molar-refractivity contribution in [2.45, 2.75) is 11.1 Å². The van der Waals surface area contributed by atoms with Gasteiger partial charge in [0, 0.05) is 11.3 Å². The Labute approximate surface area is 129 Å². The van der Waals surface area contributed by atoms with Crippen LogP contribution >= 0.6 is 0 Å². The van der Waals surface area contributed by atoms with Crippen LogP contribution < -0.4 is 5.32 Å². The van der Waals surface area contributed by atoms with Crippen molar-refractivity contribution in [1.82, 2.24) is 0 Å². The fourth-order valence-electron chi connectivity index (χ4n) is 1.73. The maximum Gasteiger partial charge on any atom is 0.416 e. The molecule has 0 saturated carbocycles. The fraction of sp³-hybridized carbons (Fsp3) is 0.0714. The number of halogens is 4. The summed E-state index contributed by atoms with van der Waals surface area (Å²) in [5.74, 6) is -0.782. The van der Waals surface area contributed by atoms with E-state index in [0.29, 0.717) is 0 Å². The number of alkyl halides is 3. The highest BCUT2D eigenvalue weighted by Crippen LogP contribution is 2.29. The lowest BCUT2D eigenvalue weighted by Crippen LogP contribution is -2.13. The first-order valence-electron chi connectivity index (χ1n) is 6.11. The summed E-state index contributed by atoms with van der Waals surface area (Å²) in [5.41, 5.74) is -0.943. The smallest absolute Gasteiger partial charge is 0.322 e. The molecule has 122 valence electrons. The van der Waals surface area contributed by atoms with E-state index in [4.69, 9.17) is 0 Å². The van der Waals surface area contributed by atoms with Crippen LogP contribution in [0.2, 0.25) is 0 Å². The van der Waals surface area contributed by atoms with Crippen molar-refractivity contribution in [1.29, 1.82) is 0 Å². The van der Waals surface area contributed by atoms with Crippen molar-refractivity contribution >= 4 is 21.8 Å². The fourth-order valence-corrected chi connectivity index (χ4v) is 2.24. The van der Waals surface area contributed by atoms with E-state index in [2.05, 4.69) is 5.32 Å². The van der Waals surface area contributed by atoms with E-state index in [1.807, 2.05) is 0 Å². The summed E-state index contributed by atoms with van der Waals surface area (Å²) in [6, 6.07) is 7.91. The number of anilines is 1. The summed E-state index contributed by atoms with van der Waals surface area (Å²) in [6.07, 6.45) is -4.49. The number of hydrogen-bond acceptors (Lipinski definition) is 3. The molecular weight excluding hydrogens is 338 g/mol. The Balaban J connectivity index is 2.20. The molecular formula is C14H9F4NO3S. The number of carbonyl (C=O) groups excluding carboxylic acids is 1. The first-order valence-corrected chi connectivity index (χ1v) is 7.49. The number of amides is 1. The largest absolute Gasteiger partial charge is 0.416 e. The van der Waals surface area contributed by atoms with Crippen LogP contribution in [0.3, 0.4) is 0 Å². The highest BCUT2D eigenvalue weighted by molar-refractivity contribution is 7.86. The number of benzene rings is 2. The van der Waals surface area contributed by atoms with Crippen LogP contribution in [0.1, 0.15) is 15.9 Å². The van der Waals surface area contributed by atoms with Gasteiger partial charge in [-0.15, -0.1) is 3.89 Å². The molecule has 0 unspecified atom stereocenters. The van der Waals surface area contributed by atoms with E-state index in [9.17, 15) is 30.3 Å². The summed E-state index contributed by atoms with van der Waals surface area (Å²) in [4.78, 5) is 11.2. The average Bonchev–Trinajstić information content (AvgIpc) is 2.46. The Kier molecular flexibility index (Phi) is 4.42. The lowest BCUT2D eigenvalue weighted by atomic mass is 10.2. The van der Waals surface area contributed by atoms with Gasteiger partial charge in [-0.2, -0.15) is 21.6 Å². The number of nitrogens with one attached hydrogen (secondary N) is 1. The van der Waals surface area contributed by atoms with E-state index in [0.717, 1.165) is 36.4 Å². The molecule has 1 N–H and O–H groups in total. The summed E-state index contributed by atoms with van der Waals surface area (Å²) in [6.45, 7) is 0. The van der Waals surface area contributed by atoms with Gasteiger partial charge in [0.2, 0.25) is 0 Å². The minimum absolute atomic E-state index is 0.0801. The quantitative estimate of drug-likeness (QED) is 0.681. The zero-order valence-electron chi connectivity index (χ0n) is 11.3. The molecule has 0 aliphatic carbocycles. The summed E-state index contributed by atoms with van der Waals surface area (Å²) in [7, 11) is -4.96. The van der Waals surface area contributed by atoms with Crippen LogP contribution in [0, 0.1) is 0 Å². The summed E-state index contributed by atoms with van der Waals surface area (Å²) < 4.78 is 71.7. The van der Waals surface area contributed by atoms with Gasteiger partial charge < -0.3 is 5.32 Å². The SMILES string of the molecule is O=C(Nc1ccc(C(F)(F)F)cc1)c1cccc(S(=O)(=O)F)c1. The van der Waals surface area contributed by atoms with Crippen LogP contribution in [0.4, 0.5) is 22.7 Å². The molecule has 0 fully saturated rings. The first-order chi connectivity index (χ1) is 10.6. The van der Waals surface area contributed by atoms with Crippen molar-refractivity contribution in [3.63, 3.8) is 0 Å². The van der Waals surface area contributed by atoms with Gasteiger partial charge in [-0.25, -0.2) is 0 Å². The second-order valence-corrected chi connectivity index (χ2v) is 5.84. The molecule has 0 aromatic heterocycles. The van der Waals surface area contributed by atoms with Crippen molar-refractivity contribution in [3.8, 4) is 0 Å². The van der Waals surface area contributed by atoms with Crippen molar-refractivity contribution in [2.24, 2.45) is 0 Å². The average molecular weight is 347 g/mol. The van der Waals surface area contributed by atoms with Gasteiger partial charge in [0.05, 0.1) is 10.5 Å². The number of carbonyl (C=O) groups is 1. The lowest BCUT2D eigenvalue weighted by Gasteiger charge is -2.09. The highest BCUT2D eigenvalue weighted by atomic mass is 32.3. The van der Waals surface area contributed by atoms with Crippen molar-refractivity contribution < 1.29 is 30.3 Å². The molecule has 1 amide bonds. The Morgan fingerprint density at radius 3 is 2.13 bits per heavy atom. The van der Waals surface area contributed by atoms with Crippen molar-refractivity contribution in [2.75, 3.05) is 5.32 Å². The van der Waals surface area contributed by atoms with Crippen LogP contribution in [0.15, 0.2) is 53.4 Å². The maximum atomic E-state index is 12.9. The molecule has 0 atom stereocenters. The molecule has 0 saturated heterocycles. The molecule has 2 aromatic carbocycles. The summed E-state index contributed by atoms with van der Waals surface area (Å²) in [5, 5.41) is 2.29. The molecule has 0 aliphatic heterocycles. The maximum absolute atomic E-state index is 12.9. The lowest BCUT2D eigenvalue weighted by molar-refractivity contribution is -0.137. The third kappa shape index (κ3) is 4.28. The highest BCUT2D eigenvalue weighted by Gasteiger charge is 2.30. The Morgan fingerprint density at radius 1 is 1.00 bits per heavy atom. The number of rotatable bonds is 3. The van der Waals surface area contributed by atoms with Gasteiger partial charge in [0.25, 0.3) is 5.91 Å². The predicted octanol–water partition coefficient (Wildman–Crippen LogP) is 3.62. The van der Waals surface area contributed by atoms with Gasteiger partial charge in [-0.05, 0) is 42.5 Å². The molecule has 2 aromatic rings. The van der Waals surface area contributed by atoms with Crippen molar-refractivity contribution in [3.05, 3.63) is 59.7 Å². The molecule has 4 nitrogen and oxygen atoms in total. The van der Waals surface area contributed by atoms with Crippen LogP contribution in [-0.2, 0) is 16.4 Å². The third-order valence-corrected chi connectivity index (χ3v) is 3.66. The van der Waals surface area contributed by atoms with Crippen LogP contribution in [-0.4, -0.2) is 14.3 Å². The zero-order valence-corrected chi connectivity index (χ0v) is 12.1. The van der Waals surface area contributed by atoms with Crippen LogP contribution in [0.5, 0.6) is 0 Å². The van der Waals surface area contributed by atoms with Gasteiger partial charge >= 0.3 is 16.4 Å². The number of hydrogen-bond donors (Lipinski definition) is 1. The van der Waals surface area contributed by atoms with E-state index in [1.165, 1.54) is 12.1 Å². The van der Waals surface area contributed by atoms with Gasteiger partial charge in [-0.3, -0.25) is 4.79 Å². The van der Waals surface area contributed by atoms with E-state index < -0.39 is 32.8 Å². The van der Waals surface area contributed by atoms with E-state index in [-0.39, 0.29) is 11.3 Å². The Hall–Kier alpha value is -2.42. The second-order valence-electron chi connectivity index (χ2n) is 4.49. The standard InChI is InChI=1S/C14H9F4NO3S/c15-14(16,17)10-4-6-11(7-5-10)19-13(20)9-2-1-3-12(8-9)23(18,21)22/h1-8H,(H,19,20). The molecule has 0 bridgehead atoms. The normalized spacial score (nSPS) is 12.0. The molecule has 2 rings (SSSR count). The van der Waals surface area contributed by atoms with E-state index in [1.54, 1.807) is 0 Å². The summed E-state index contributed by atoms with van der Waals surface area (Å²) >= 11 is 0. The van der Waals surface area contributed by atoms with Gasteiger partial charge in [-0.1, -0.05) is 6.07 Å².